The van der Waals surface area contributed by atoms with Gasteiger partial charge in [-0.3, -0.25) is 19.3 Å². The van der Waals surface area contributed by atoms with Gasteiger partial charge in [0.25, 0.3) is 11.8 Å². The number of aliphatic hydroxyl groups excluding tert-OH is 1. The van der Waals surface area contributed by atoms with Gasteiger partial charge in [-0.05, 0) is 71.9 Å². The van der Waals surface area contributed by atoms with Crippen molar-refractivity contribution >= 4 is 35.5 Å². The quantitative estimate of drug-likeness (QED) is 0.134. The summed E-state index contributed by atoms with van der Waals surface area (Å²) in [4.78, 5) is 50.5. The number of nitrogens with zero attached hydrogens (tertiary/aromatic N) is 1. The number of benzene rings is 1. The second-order valence-electron chi connectivity index (χ2n) is 10.4. The number of amides is 3. The molecule has 1 aliphatic heterocycles. The van der Waals surface area contributed by atoms with Gasteiger partial charge in [0.05, 0.1) is 23.8 Å². The van der Waals surface area contributed by atoms with Crippen molar-refractivity contribution in [3.63, 3.8) is 0 Å². The minimum atomic E-state index is -1.13. The monoisotopic (exact) mass is 570 g/mol. The molecule has 8 nitrogen and oxygen atoms in total. The Bertz CT molecular complexity index is 1120. The van der Waals surface area contributed by atoms with Crippen molar-refractivity contribution in [2.75, 3.05) is 18.1 Å². The van der Waals surface area contributed by atoms with E-state index in [0.29, 0.717) is 5.75 Å². The lowest BCUT2D eigenvalue weighted by Crippen LogP contribution is -2.45. The number of fused-ring (bicyclic) bond motifs is 1. The van der Waals surface area contributed by atoms with E-state index in [1.54, 1.807) is 24.3 Å². The lowest BCUT2D eigenvalue weighted by atomic mass is 10.1. The Kier molecular flexibility index (Phi) is 13.9. The zero-order chi connectivity index (χ0) is 29.7. The highest BCUT2D eigenvalue weighted by molar-refractivity contribution is 7.99. The van der Waals surface area contributed by atoms with E-state index in [0.717, 1.165) is 30.6 Å². The van der Waals surface area contributed by atoms with Crippen LogP contribution in [0.4, 0.5) is 0 Å². The van der Waals surface area contributed by atoms with Crippen molar-refractivity contribution < 1.29 is 29.4 Å². The molecule has 1 aromatic rings. The zero-order valence-electron chi connectivity index (χ0n) is 23.9. The van der Waals surface area contributed by atoms with Gasteiger partial charge in [0.2, 0.25) is 5.91 Å². The maximum absolute atomic E-state index is 12.7. The van der Waals surface area contributed by atoms with Crippen LogP contribution in [0.15, 0.2) is 59.2 Å². The number of thioether (sulfide) groups is 1. The molecule has 1 aliphatic rings. The lowest BCUT2D eigenvalue weighted by Gasteiger charge is -2.24. The third-order valence-electron chi connectivity index (χ3n) is 6.70. The molecule has 2 atom stereocenters. The first-order valence-corrected chi connectivity index (χ1v) is 14.8. The number of carboxylic acid groups (broad SMARTS) is 1. The normalized spacial score (nSPS) is 15.1. The second kappa shape index (κ2) is 16.8. The molecule has 0 bridgehead atoms. The van der Waals surface area contributed by atoms with Gasteiger partial charge in [-0.15, -0.1) is 0 Å². The second-order valence-corrected chi connectivity index (χ2v) is 11.4. The number of aliphatic carboxylic acids is 1. The largest absolute Gasteiger partial charge is 0.480 e. The fraction of sp³-hybridized carbons (Fsp3) is 0.484. The van der Waals surface area contributed by atoms with Crippen LogP contribution in [0.2, 0.25) is 0 Å². The summed E-state index contributed by atoms with van der Waals surface area (Å²) in [7, 11) is 0. The molecule has 0 spiro atoms. The first-order valence-electron chi connectivity index (χ1n) is 13.7. The topological polar surface area (TPSA) is 124 Å². The van der Waals surface area contributed by atoms with E-state index in [4.69, 9.17) is 0 Å². The summed E-state index contributed by atoms with van der Waals surface area (Å²) in [5.41, 5.74) is 4.49. The average molecular weight is 571 g/mol. The molecule has 3 N–H and O–H groups in total. The van der Waals surface area contributed by atoms with Gasteiger partial charge >= 0.3 is 5.97 Å². The highest BCUT2D eigenvalue weighted by Crippen LogP contribution is 2.26. The highest BCUT2D eigenvalue weighted by atomic mass is 32.2. The Morgan fingerprint density at radius 3 is 2.05 bits per heavy atom. The summed E-state index contributed by atoms with van der Waals surface area (Å²) in [5, 5.41) is 21.9. The van der Waals surface area contributed by atoms with E-state index in [9.17, 15) is 29.4 Å². The molecular formula is C31H42N2O6S. The third kappa shape index (κ3) is 10.4. The summed E-state index contributed by atoms with van der Waals surface area (Å²) in [6.45, 7) is 7.94. The minimum Gasteiger partial charge on any atom is -0.480 e. The molecule has 9 heteroatoms. The number of aliphatic hydroxyl groups is 1. The number of carbonyl (C=O) groups is 4. The number of allylic oxidation sites excluding steroid dienone is 5. The Hall–Kier alpha value is -3.17. The fourth-order valence-electron chi connectivity index (χ4n) is 4.31. The standard InChI is InChI=1S/C31H42N2O6S/c1-21(2)9-7-10-22(3)11-8-12-23(4)17-18-40-20-27(31(38)39)32-28(35)16-15-24(19-34)33-29(36)25-13-5-6-14-26(25)30(33)37/h5-6,9,11,13-14,17,24,27,34H,7-8,10,12,15-16,18-20H2,1-4H3,(H,32,35)(H,38,39)/b22-11+,23-17+/t24?,27-/m0/s1. The summed E-state index contributed by atoms with van der Waals surface area (Å²) in [6, 6.07) is 4.47. The summed E-state index contributed by atoms with van der Waals surface area (Å²) < 4.78 is 0. The molecule has 1 unspecified atom stereocenters. The number of imide groups is 1. The predicted molar refractivity (Wildman–Crippen MR) is 159 cm³/mol. The van der Waals surface area contributed by atoms with Crippen molar-refractivity contribution in [2.24, 2.45) is 0 Å². The molecule has 0 fully saturated rings. The fourth-order valence-corrected chi connectivity index (χ4v) is 5.31. The summed E-state index contributed by atoms with van der Waals surface area (Å²) >= 11 is 1.43. The van der Waals surface area contributed by atoms with Gasteiger partial charge in [-0.1, -0.05) is 47.1 Å². The number of carboxylic acids is 1. The Labute approximate surface area is 241 Å². The van der Waals surface area contributed by atoms with E-state index < -0.39 is 42.4 Å². The van der Waals surface area contributed by atoms with Crippen molar-refractivity contribution in [2.45, 2.75) is 78.3 Å². The molecule has 0 aromatic heterocycles. The first-order chi connectivity index (χ1) is 19.0. The molecule has 1 heterocycles. The van der Waals surface area contributed by atoms with E-state index in [1.165, 1.54) is 28.5 Å². The van der Waals surface area contributed by atoms with Gasteiger partial charge in [-0.2, -0.15) is 11.8 Å². The van der Waals surface area contributed by atoms with Gasteiger partial charge < -0.3 is 15.5 Å². The predicted octanol–water partition coefficient (Wildman–Crippen LogP) is 5.15. The van der Waals surface area contributed by atoms with E-state index >= 15 is 0 Å². The molecule has 3 amide bonds. The smallest absolute Gasteiger partial charge is 0.327 e. The van der Waals surface area contributed by atoms with Crippen LogP contribution in [-0.2, 0) is 9.59 Å². The van der Waals surface area contributed by atoms with Crippen molar-refractivity contribution in [3.8, 4) is 0 Å². The SMILES string of the molecule is CC(C)=CCC/C(C)=C/CC/C(C)=C/CSC[C@H](NC(=O)CCC(CO)N1C(=O)c2ccccc2C1=O)C(=O)O. The van der Waals surface area contributed by atoms with E-state index in [2.05, 4.69) is 51.2 Å². The van der Waals surface area contributed by atoms with Gasteiger partial charge in [-0.25, -0.2) is 4.79 Å². The minimum absolute atomic E-state index is 0.0259. The van der Waals surface area contributed by atoms with E-state index in [1.807, 2.05) is 0 Å². The number of nitrogens with one attached hydrogen (secondary N) is 1. The van der Waals surface area contributed by atoms with Crippen molar-refractivity contribution in [1.82, 2.24) is 10.2 Å². The van der Waals surface area contributed by atoms with Crippen LogP contribution in [-0.4, -0.2) is 69.0 Å². The molecule has 0 aliphatic carbocycles. The molecule has 0 saturated carbocycles. The summed E-state index contributed by atoms with van der Waals surface area (Å²) in [6.07, 6.45) is 10.5. The van der Waals surface area contributed by atoms with Crippen LogP contribution in [0, 0.1) is 0 Å². The average Bonchev–Trinajstić information content (AvgIpc) is 3.16. The highest BCUT2D eigenvalue weighted by Gasteiger charge is 2.39. The van der Waals surface area contributed by atoms with Crippen molar-refractivity contribution in [3.05, 3.63) is 70.3 Å². The lowest BCUT2D eigenvalue weighted by molar-refractivity contribution is -0.141. The zero-order valence-corrected chi connectivity index (χ0v) is 24.8. The van der Waals surface area contributed by atoms with Crippen LogP contribution in [0.25, 0.3) is 0 Å². The number of hydrogen-bond acceptors (Lipinski definition) is 6. The van der Waals surface area contributed by atoms with Crippen molar-refractivity contribution in [1.29, 1.82) is 0 Å². The van der Waals surface area contributed by atoms with Crippen LogP contribution in [0.3, 0.4) is 0 Å². The molecule has 40 heavy (non-hydrogen) atoms. The van der Waals surface area contributed by atoms with Crippen LogP contribution in [0.5, 0.6) is 0 Å². The Morgan fingerprint density at radius 2 is 1.50 bits per heavy atom. The molecule has 2 rings (SSSR count). The summed E-state index contributed by atoms with van der Waals surface area (Å²) in [5.74, 6) is -1.81. The maximum Gasteiger partial charge on any atom is 0.327 e. The van der Waals surface area contributed by atoms with Gasteiger partial charge in [0.1, 0.15) is 6.04 Å². The van der Waals surface area contributed by atoms with E-state index in [-0.39, 0.29) is 29.7 Å². The van der Waals surface area contributed by atoms with Crippen LogP contribution < -0.4 is 5.32 Å². The Morgan fingerprint density at radius 1 is 0.925 bits per heavy atom. The maximum atomic E-state index is 12.7. The van der Waals surface area contributed by atoms with Gasteiger partial charge in [0, 0.05) is 17.9 Å². The molecule has 218 valence electrons. The van der Waals surface area contributed by atoms with Crippen LogP contribution >= 0.6 is 11.8 Å². The first kappa shape index (κ1) is 33.0. The number of rotatable bonds is 17. The molecule has 1 aromatic carbocycles. The third-order valence-corrected chi connectivity index (χ3v) is 7.67. The van der Waals surface area contributed by atoms with Gasteiger partial charge in [0.15, 0.2) is 0 Å². The molecular weight excluding hydrogens is 528 g/mol. The molecule has 0 radical (unpaired) electrons. The number of carbonyl (C=O) groups excluding carboxylic acids is 3. The molecule has 0 saturated heterocycles. The van der Waals surface area contributed by atoms with Crippen LogP contribution in [0.1, 0.15) is 86.9 Å². The number of hydrogen-bond donors (Lipinski definition) is 3. The Balaban J connectivity index is 1.76.